The molecule has 118 valence electrons. The Morgan fingerprint density at radius 1 is 1.39 bits per heavy atom. The summed E-state index contributed by atoms with van der Waals surface area (Å²) in [5.41, 5.74) is 3.79. The van der Waals surface area contributed by atoms with Gasteiger partial charge in [-0.3, -0.25) is 0 Å². The summed E-state index contributed by atoms with van der Waals surface area (Å²) >= 11 is 4.81. The van der Waals surface area contributed by atoms with Crippen LogP contribution in [-0.2, 0) is 5.41 Å². The van der Waals surface area contributed by atoms with E-state index >= 15 is 0 Å². The second-order valence-electron chi connectivity index (χ2n) is 6.31. The zero-order valence-corrected chi connectivity index (χ0v) is 15.5. The predicted octanol–water partition coefficient (Wildman–Crippen LogP) is 3.61. The summed E-state index contributed by atoms with van der Waals surface area (Å²) in [4.78, 5) is 18.7. The van der Waals surface area contributed by atoms with Crippen molar-refractivity contribution in [2.45, 2.75) is 35.8 Å². The second-order valence-corrected chi connectivity index (χ2v) is 8.02. The Bertz CT molecular complexity index is 771. The van der Waals surface area contributed by atoms with Gasteiger partial charge < -0.3 is 0 Å². The van der Waals surface area contributed by atoms with Crippen molar-refractivity contribution in [3.63, 3.8) is 0 Å². The zero-order chi connectivity index (χ0) is 16.6. The molecule has 1 aromatic heterocycles. The Morgan fingerprint density at radius 3 is 2.78 bits per heavy atom. The SMILES string of the molecule is CC1(C)CC(c2ccc(C(=O)O)cn2)Sc2c(C=[Se])cccc21. The van der Waals surface area contributed by atoms with Crippen molar-refractivity contribution in [3.05, 3.63) is 58.9 Å². The van der Waals surface area contributed by atoms with E-state index in [2.05, 4.69) is 52.6 Å². The fourth-order valence-corrected chi connectivity index (χ4v) is 5.32. The molecule has 0 fully saturated rings. The number of aromatic carboxylic acids is 1. The molecule has 0 radical (unpaired) electrons. The van der Waals surface area contributed by atoms with E-state index in [1.807, 2.05) is 22.7 Å². The van der Waals surface area contributed by atoms with Gasteiger partial charge in [-0.2, -0.15) is 0 Å². The Hall–Kier alpha value is -1.42. The van der Waals surface area contributed by atoms with Crippen LogP contribution in [0.5, 0.6) is 0 Å². The average molecular weight is 390 g/mol. The Morgan fingerprint density at radius 2 is 2.17 bits per heavy atom. The molecule has 1 N–H and O–H groups in total. The monoisotopic (exact) mass is 391 g/mol. The van der Waals surface area contributed by atoms with Gasteiger partial charge in [-0.25, -0.2) is 0 Å². The Balaban J connectivity index is 2.00. The number of aromatic nitrogens is 1. The van der Waals surface area contributed by atoms with Gasteiger partial charge in [-0.05, 0) is 0 Å². The molecule has 1 aromatic carbocycles. The molecule has 3 nitrogen and oxygen atoms in total. The maximum absolute atomic E-state index is 11.0. The van der Waals surface area contributed by atoms with Crippen molar-refractivity contribution in [2.24, 2.45) is 0 Å². The molecule has 0 saturated carbocycles. The third-order valence-electron chi connectivity index (χ3n) is 4.22. The van der Waals surface area contributed by atoms with Crippen LogP contribution in [0.2, 0.25) is 0 Å². The van der Waals surface area contributed by atoms with Gasteiger partial charge in [0, 0.05) is 0 Å². The van der Waals surface area contributed by atoms with Crippen LogP contribution in [0.3, 0.4) is 0 Å². The van der Waals surface area contributed by atoms with E-state index in [9.17, 15) is 4.79 Å². The normalized spacial score (nSPS) is 19.0. The average Bonchev–Trinajstić information content (AvgIpc) is 2.53. The van der Waals surface area contributed by atoms with E-state index in [0.29, 0.717) is 0 Å². The molecule has 1 unspecified atom stereocenters. The summed E-state index contributed by atoms with van der Waals surface area (Å²) in [5, 5.41) is 9.24. The summed E-state index contributed by atoms with van der Waals surface area (Å²) in [6.07, 6.45) is 2.42. The molecule has 2 aromatic rings. The van der Waals surface area contributed by atoms with Crippen LogP contribution in [0.1, 0.15) is 52.7 Å². The number of hydrogen-bond donors (Lipinski definition) is 1. The number of nitrogens with zero attached hydrogens (tertiary/aromatic N) is 1. The van der Waals surface area contributed by atoms with Crippen molar-refractivity contribution in [1.82, 2.24) is 4.98 Å². The fraction of sp³-hybridized carbons (Fsp3) is 0.278. The Kier molecular flexibility index (Phi) is 4.45. The van der Waals surface area contributed by atoms with Gasteiger partial charge in [0.2, 0.25) is 0 Å². The molecule has 0 spiro atoms. The van der Waals surface area contributed by atoms with Gasteiger partial charge in [0.05, 0.1) is 0 Å². The number of pyridine rings is 1. The van der Waals surface area contributed by atoms with Crippen LogP contribution in [0, 0.1) is 0 Å². The molecule has 1 atom stereocenters. The molecule has 2 heterocycles. The standard InChI is InChI=1S/C18H17NO2SSe/c1-18(2)8-15(14-7-6-11(9-19-14)17(20)21)22-16-12(10-23)4-3-5-13(16)18/h3-7,9-10,15H,8H2,1-2H3,(H,20,21). The summed E-state index contributed by atoms with van der Waals surface area (Å²) in [5.74, 6) is -0.940. The summed E-state index contributed by atoms with van der Waals surface area (Å²) < 4.78 is 0. The third-order valence-corrected chi connectivity index (χ3v) is 6.14. The van der Waals surface area contributed by atoms with Crippen molar-refractivity contribution in [1.29, 1.82) is 0 Å². The van der Waals surface area contributed by atoms with Gasteiger partial charge in [0.1, 0.15) is 0 Å². The number of benzene rings is 1. The molecule has 0 aliphatic carbocycles. The first-order chi connectivity index (χ1) is 10.9. The maximum atomic E-state index is 11.0. The molecule has 1 aliphatic rings. The predicted molar refractivity (Wildman–Crippen MR) is 94.8 cm³/mol. The first-order valence-corrected chi connectivity index (χ1v) is 9.24. The van der Waals surface area contributed by atoms with Crippen molar-refractivity contribution >= 4 is 38.2 Å². The van der Waals surface area contributed by atoms with Gasteiger partial charge in [0.25, 0.3) is 0 Å². The molecule has 0 amide bonds. The Labute approximate surface area is 147 Å². The number of thioether (sulfide) groups is 1. The number of fused-ring (bicyclic) bond motifs is 1. The van der Waals surface area contributed by atoms with E-state index in [-0.39, 0.29) is 16.2 Å². The van der Waals surface area contributed by atoms with Gasteiger partial charge in [-0.1, -0.05) is 0 Å². The molecule has 23 heavy (non-hydrogen) atoms. The minimum atomic E-state index is -0.940. The van der Waals surface area contributed by atoms with Gasteiger partial charge in [0.15, 0.2) is 0 Å². The first kappa shape index (κ1) is 16.4. The molecule has 3 rings (SSSR count). The topological polar surface area (TPSA) is 50.2 Å². The minimum absolute atomic E-state index is 0.0530. The number of hydrogen-bond acceptors (Lipinski definition) is 3. The van der Waals surface area contributed by atoms with Crippen LogP contribution in [0.25, 0.3) is 0 Å². The van der Waals surface area contributed by atoms with E-state index in [0.717, 1.165) is 12.1 Å². The van der Waals surface area contributed by atoms with Crippen molar-refractivity contribution in [2.75, 3.05) is 0 Å². The second kappa shape index (κ2) is 6.23. The number of carboxylic acid groups (broad SMARTS) is 1. The summed E-state index contributed by atoms with van der Waals surface area (Å²) in [6, 6.07) is 9.89. The molecule has 0 saturated heterocycles. The first-order valence-electron chi connectivity index (χ1n) is 7.37. The van der Waals surface area contributed by atoms with Gasteiger partial charge in [-0.15, -0.1) is 0 Å². The van der Waals surface area contributed by atoms with E-state index in [4.69, 9.17) is 5.11 Å². The number of carboxylic acids is 1. The summed E-state index contributed by atoms with van der Waals surface area (Å²) in [6.45, 7) is 4.51. The fourth-order valence-electron chi connectivity index (χ4n) is 2.96. The van der Waals surface area contributed by atoms with Crippen molar-refractivity contribution in [3.8, 4) is 0 Å². The number of carbonyl (C=O) groups is 1. The molecule has 1 aliphatic heterocycles. The molecule has 0 bridgehead atoms. The molecular weight excluding hydrogens is 373 g/mol. The van der Waals surface area contributed by atoms with E-state index in [1.165, 1.54) is 22.2 Å². The van der Waals surface area contributed by atoms with Crippen LogP contribution in [-0.4, -0.2) is 36.6 Å². The van der Waals surface area contributed by atoms with Gasteiger partial charge >= 0.3 is 148 Å². The van der Waals surface area contributed by atoms with Crippen LogP contribution in [0.4, 0.5) is 0 Å². The van der Waals surface area contributed by atoms with Crippen LogP contribution >= 0.6 is 11.8 Å². The number of rotatable bonds is 3. The zero-order valence-electron chi connectivity index (χ0n) is 12.9. The molecular formula is C18H17NO2SSe. The third kappa shape index (κ3) is 3.14. The summed E-state index contributed by atoms with van der Waals surface area (Å²) in [7, 11) is 0. The van der Waals surface area contributed by atoms with Crippen molar-refractivity contribution < 1.29 is 9.90 Å². The molecule has 5 heteroatoms. The quantitative estimate of drug-likeness (QED) is 0.814. The van der Waals surface area contributed by atoms with Crippen LogP contribution < -0.4 is 0 Å². The van der Waals surface area contributed by atoms with Crippen LogP contribution in [0.15, 0.2) is 41.4 Å². The van der Waals surface area contributed by atoms with E-state index < -0.39 is 5.97 Å². The van der Waals surface area contributed by atoms with E-state index in [1.54, 1.807) is 6.07 Å².